The zero-order valence-electron chi connectivity index (χ0n) is 19.8. The Morgan fingerprint density at radius 3 is 2.22 bits per heavy atom. The highest BCUT2D eigenvalue weighted by Gasteiger charge is 2.25. The summed E-state index contributed by atoms with van der Waals surface area (Å²) in [6, 6.07) is 8.05. The van der Waals surface area contributed by atoms with Gasteiger partial charge >= 0.3 is 5.97 Å². The molecule has 2 aromatic carbocycles. The second-order valence-electron chi connectivity index (χ2n) is 8.63. The van der Waals surface area contributed by atoms with E-state index in [2.05, 4.69) is 57.7 Å². The highest BCUT2D eigenvalue weighted by atomic mass is 16.5. The molecule has 0 aliphatic heterocycles. The van der Waals surface area contributed by atoms with Crippen LogP contribution in [0.2, 0.25) is 0 Å². The number of aryl methyl sites for hydroxylation is 1. The first-order valence-corrected chi connectivity index (χ1v) is 10.9. The minimum atomic E-state index is -1.22. The largest absolute Gasteiger partial charge is 0.507 e. The number of carbonyl (C=O) groups is 1. The normalized spacial score (nSPS) is 12.0. The average Bonchev–Trinajstić information content (AvgIpc) is 2.74. The molecule has 0 aromatic heterocycles. The van der Waals surface area contributed by atoms with E-state index in [4.69, 9.17) is 9.84 Å². The van der Waals surface area contributed by atoms with Gasteiger partial charge in [-0.05, 0) is 61.1 Å². The van der Waals surface area contributed by atoms with Gasteiger partial charge in [-0.3, -0.25) is 0 Å². The van der Waals surface area contributed by atoms with Crippen LogP contribution in [0.15, 0.2) is 35.5 Å². The Kier molecular flexibility index (Phi) is 8.14. The van der Waals surface area contributed by atoms with Crippen LogP contribution in [-0.2, 0) is 11.8 Å². The van der Waals surface area contributed by atoms with Gasteiger partial charge in [0.2, 0.25) is 0 Å². The van der Waals surface area contributed by atoms with Crippen molar-refractivity contribution in [3.63, 3.8) is 0 Å². The van der Waals surface area contributed by atoms with Gasteiger partial charge in [-0.15, -0.1) is 0 Å². The third-order valence-corrected chi connectivity index (χ3v) is 5.49. The highest BCUT2D eigenvalue weighted by Crippen LogP contribution is 2.37. The maximum Gasteiger partial charge on any atom is 0.339 e. The molecular formula is C25H34N2O5. The molecule has 0 saturated carbocycles. The van der Waals surface area contributed by atoms with Crippen LogP contribution in [0, 0.1) is 0 Å². The highest BCUT2D eigenvalue weighted by molar-refractivity contribution is 6.02. The van der Waals surface area contributed by atoms with Crippen molar-refractivity contribution in [1.82, 2.24) is 0 Å². The van der Waals surface area contributed by atoms with E-state index in [1.165, 1.54) is 35.0 Å². The number of aromatic hydroxyl groups is 1. The van der Waals surface area contributed by atoms with Crippen LogP contribution in [0.3, 0.4) is 0 Å². The minimum absolute atomic E-state index is 0.0420. The summed E-state index contributed by atoms with van der Waals surface area (Å²) in [4.78, 5) is 13.4. The first-order valence-electron chi connectivity index (χ1n) is 10.9. The van der Waals surface area contributed by atoms with Gasteiger partial charge in [-0.25, -0.2) is 4.79 Å². The molecule has 0 spiro atoms. The lowest BCUT2D eigenvalue weighted by atomic mass is 9.82. The fraction of sp³-hybridized carbons (Fsp3) is 0.440. The number of aromatic carboxylic acids is 1. The van der Waals surface area contributed by atoms with Gasteiger partial charge < -0.3 is 25.1 Å². The van der Waals surface area contributed by atoms with E-state index in [0.717, 1.165) is 25.1 Å². The number of ether oxygens (including phenoxy) is 1. The minimum Gasteiger partial charge on any atom is -0.507 e. The molecule has 0 saturated heterocycles. The molecule has 0 amide bonds. The Balaban J connectivity index is 2.44. The number of carboxylic acids is 1. The Morgan fingerprint density at radius 2 is 1.75 bits per heavy atom. The van der Waals surface area contributed by atoms with Crippen molar-refractivity contribution in [2.45, 2.75) is 53.4 Å². The Bertz CT molecular complexity index is 989. The number of hydrogen-bond acceptors (Lipinski definition) is 6. The second-order valence-corrected chi connectivity index (χ2v) is 8.63. The van der Waals surface area contributed by atoms with E-state index >= 15 is 0 Å². The predicted octanol–water partition coefficient (Wildman–Crippen LogP) is 5.05. The maximum absolute atomic E-state index is 11.1. The van der Waals surface area contributed by atoms with E-state index in [-0.39, 0.29) is 29.1 Å². The van der Waals surface area contributed by atoms with Crippen LogP contribution in [0.1, 0.15) is 68.6 Å². The standard InChI is InChI=1S/C25H34N2O5/c1-7-16-12-17(13-20(25(4,5)6)23(16)27(8-2)9-3)21(26-31)15-32-18-10-11-19(24(29)30)22(28)14-18/h10-14,28,31H,7-9,15H2,1-6H3,(H,29,30). The zero-order valence-corrected chi connectivity index (χ0v) is 19.8. The molecule has 0 bridgehead atoms. The van der Waals surface area contributed by atoms with Crippen molar-refractivity contribution in [3.05, 3.63) is 52.6 Å². The molecule has 0 atom stereocenters. The van der Waals surface area contributed by atoms with Crippen LogP contribution in [0.4, 0.5) is 5.69 Å². The molecule has 7 heteroatoms. The van der Waals surface area contributed by atoms with Gasteiger partial charge in [0.25, 0.3) is 0 Å². The fourth-order valence-electron chi connectivity index (χ4n) is 3.72. The van der Waals surface area contributed by atoms with Gasteiger partial charge in [0.1, 0.15) is 29.4 Å². The summed E-state index contributed by atoms with van der Waals surface area (Å²) in [6.07, 6.45) is 0.826. The van der Waals surface area contributed by atoms with Crippen molar-refractivity contribution >= 4 is 17.4 Å². The first-order chi connectivity index (χ1) is 15.1. The quantitative estimate of drug-likeness (QED) is 0.285. The molecule has 0 aliphatic rings. The molecule has 0 unspecified atom stereocenters. The fourth-order valence-corrected chi connectivity index (χ4v) is 3.72. The van der Waals surface area contributed by atoms with Crippen LogP contribution < -0.4 is 9.64 Å². The second kappa shape index (κ2) is 10.4. The third kappa shape index (κ3) is 5.52. The number of oxime groups is 1. The number of rotatable bonds is 9. The van der Waals surface area contributed by atoms with Crippen LogP contribution in [0.5, 0.6) is 11.5 Å². The smallest absolute Gasteiger partial charge is 0.339 e. The average molecular weight is 443 g/mol. The lowest BCUT2D eigenvalue weighted by Gasteiger charge is -2.33. The summed E-state index contributed by atoms with van der Waals surface area (Å²) in [5, 5.41) is 32.1. The molecule has 0 heterocycles. The SMILES string of the molecule is CCc1cc(C(COc2ccc(C(=O)O)c(O)c2)=NO)cc(C(C)(C)C)c1N(CC)CC. The summed E-state index contributed by atoms with van der Waals surface area (Å²) >= 11 is 0. The zero-order chi connectivity index (χ0) is 24.1. The van der Waals surface area contributed by atoms with Gasteiger partial charge in [-0.1, -0.05) is 32.9 Å². The number of hydrogen-bond donors (Lipinski definition) is 3. The number of phenols is 1. The number of nitrogens with zero attached hydrogens (tertiary/aromatic N) is 2. The molecular weight excluding hydrogens is 408 g/mol. The maximum atomic E-state index is 11.1. The Labute approximate surface area is 189 Å². The topological polar surface area (TPSA) is 103 Å². The first kappa shape index (κ1) is 25.0. The van der Waals surface area contributed by atoms with Gasteiger partial charge in [-0.2, -0.15) is 0 Å². The molecule has 0 aliphatic carbocycles. The molecule has 7 nitrogen and oxygen atoms in total. The summed E-state index contributed by atoms with van der Waals surface area (Å²) in [7, 11) is 0. The summed E-state index contributed by atoms with van der Waals surface area (Å²) < 4.78 is 5.69. The van der Waals surface area contributed by atoms with Crippen molar-refractivity contribution in [1.29, 1.82) is 0 Å². The van der Waals surface area contributed by atoms with E-state index in [1.807, 2.05) is 6.07 Å². The molecule has 174 valence electrons. The van der Waals surface area contributed by atoms with Crippen LogP contribution >= 0.6 is 0 Å². The number of carboxylic acid groups (broad SMARTS) is 1. The Hall–Kier alpha value is -3.22. The van der Waals surface area contributed by atoms with E-state index < -0.39 is 5.97 Å². The summed E-state index contributed by atoms with van der Waals surface area (Å²) in [6.45, 7) is 14.6. The van der Waals surface area contributed by atoms with E-state index in [9.17, 15) is 15.1 Å². The lowest BCUT2D eigenvalue weighted by molar-refractivity contribution is 0.0693. The van der Waals surface area contributed by atoms with Crippen LogP contribution in [-0.4, -0.2) is 46.8 Å². The summed E-state index contributed by atoms with van der Waals surface area (Å²) in [5.74, 6) is -1.33. The molecule has 32 heavy (non-hydrogen) atoms. The van der Waals surface area contributed by atoms with Crippen LogP contribution in [0.25, 0.3) is 0 Å². The Morgan fingerprint density at radius 1 is 1.09 bits per heavy atom. The third-order valence-electron chi connectivity index (χ3n) is 5.49. The van der Waals surface area contributed by atoms with Gasteiger partial charge in [0, 0.05) is 30.4 Å². The van der Waals surface area contributed by atoms with Gasteiger partial charge in [0.05, 0.1) is 0 Å². The monoisotopic (exact) mass is 442 g/mol. The molecule has 0 fully saturated rings. The molecule has 2 aromatic rings. The summed E-state index contributed by atoms with van der Waals surface area (Å²) in [5.41, 5.74) is 4.33. The van der Waals surface area contributed by atoms with Crippen molar-refractivity contribution in [2.75, 3.05) is 24.6 Å². The molecule has 3 N–H and O–H groups in total. The van der Waals surface area contributed by atoms with Crippen molar-refractivity contribution in [3.8, 4) is 11.5 Å². The van der Waals surface area contributed by atoms with E-state index in [1.54, 1.807) is 0 Å². The van der Waals surface area contributed by atoms with Crippen molar-refractivity contribution in [2.24, 2.45) is 5.16 Å². The molecule has 0 radical (unpaired) electrons. The van der Waals surface area contributed by atoms with Crippen molar-refractivity contribution < 1.29 is 25.0 Å². The molecule has 2 rings (SSSR count). The predicted molar refractivity (Wildman–Crippen MR) is 127 cm³/mol. The van der Waals surface area contributed by atoms with Gasteiger partial charge in [0.15, 0.2) is 0 Å². The number of anilines is 1. The lowest BCUT2D eigenvalue weighted by Crippen LogP contribution is -2.28. The number of benzene rings is 2. The van der Waals surface area contributed by atoms with E-state index in [0.29, 0.717) is 5.71 Å².